The first kappa shape index (κ1) is 21.8. The maximum atomic E-state index is 12.8. The molecule has 4 amide bonds. The minimum Gasteiger partial charge on any atom is -0.321 e. The Kier molecular flexibility index (Phi) is 6.45. The molecule has 0 fully saturated rings. The quantitative estimate of drug-likeness (QED) is 0.532. The molecule has 0 radical (unpaired) electrons. The molecule has 3 N–H and O–H groups in total. The summed E-state index contributed by atoms with van der Waals surface area (Å²) in [6.07, 6.45) is 0.450. The molecule has 0 bridgehead atoms. The van der Waals surface area contributed by atoms with Crippen LogP contribution in [0.25, 0.3) is 0 Å². The smallest absolute Gasteiger partial charge is 0.321 e. The second-order valence-electron chi connectivity index (χ2n) is 7.57. The van der Waals surface area contributed by atoms with Gasteiger partial charge in [-0.15, -0.1) is 0 Å². The van der Waals surface area contributed by atoms with Gasteiger partial charge in [0.15, 0.2) is 0 Å². The van der Waals surface area contributed by atoms with E-state index in [0.717, 1.165) is 5.56 Å². The highest BCUT2D eigenvalue weighted by molar-refractivity contribution is 6.44. The zero-order chi connectivity index (χ0) is 23.2. The van der Waals surface area contributed by atoms with Gasteiger partial charge >= 0.3 is 6.03 Å². The molecule has 1 aliphatic rings. The van der Waals surface area contributed by atoms with Gasteiger partial charge in [0.2, 0.25) is 5.91 Å². The summed E-state index contributed by atoms with van der Waals surface area (Å²) in [6.45, 7) is 1.93. The Labute approximate surface area is 191 Å². The second kappa shape index (κ2) is 9.78. The van der Waals surface area contributed by atoms with Crippen LogP contribution in [0, 0.1) is 6.92 Å². The third-order valence-corrected chi connectivity index (χ3v) is 4.95. The van der Waals surface area contributed by atoms with Gasteiger partial charge in [-0.3, -0.25) is 9.59 Å². The van der Waals surface area contributed by atoms with E-state index in [2.05, 4.69) is 21.1 Å². The van der Waals surface area contributed by atoms with Gasteiger partial charge in [-0.1, -0.05) is 36.4 Å². The van der Waals surface area contributed by atoms with Crippen LogP contribution >= 0.6 is 0 Å². The van der Waals surface area contributed by atoms with Crippen molar-refractivity contribution in [2.24, 2.45) is 5.10 Å². The van der Waals surface area contributed by atoms with E-state index >= 15 is 0 Å². The van der Waals surface area contributed by atoms with Crippen molar-refractivity contribution in [3.05, 3.63) is 84.4 Å². The van der Waals surface area contributed by atoms with E-state index in [-0.39, 0.29) is 24.5 Å². The lowest BCUT2D eigenvalue weighted by atomic mass is 10.1. The number of hydrogen-bond acceptors (Lipinski definition) is 4. The highest BCUT2D eigenvalue weighted by atomic mass is 16.2. The Hall–Kier alpha value is -4.46. The average Bonchev–Trinajstić information content (AvgIpc) is 2.80. The van der Waals surface area contributed by atoms with Crippen molar-refractivity contribution in [3.8, 4) is 0 Å². The van der Waals surface area contributed by atoms with Gasteiger partial charge in [0.05, 0.1) is 5.69 Å². The van der Waals surface area contributed by atoms with Crippen LogP contribution in [0.1, 0.15) is 18.4 Å². The first-order chi connectivity index (χ1) is 16.0. The summed E-state index contributed by atoms with van der Waals surface area (Å²) >= 11 is 0. The van der Waals surface area contributed by atoms with Crippen LogP contribution in [0.2, 0.25) is 0 Å². The molecule has 8 heteroatoms. The van der Waals surface area contributed by atoms with E-state index in [9.17, 15) is 14.4 Å². The minimum atomic E-state index is -0.397. The fourth-order valence-corrected chi connectivity index (χ4v) is 3.37. The van der Waals surface area contributed by atoms with E-state index in [1.807, 2.05) is 43.3 Å². The van der Waals surface area contributed by atoms with E-state index in [1.165, 1.54) is 5.01 Å². The van der Waals surface area contributed by atoms with Gasteiger partial charge in [0.1, 0.15) is 5.71 Å². The number of hydrazone groups is 1. The number of anilines is 4. The highest BCUT2D eigenvalue weighted by Gasteiger charge is 2.25. The predicted molar refractivity (Wildman–Crippen MR) is 129 cm³/mol. The third-order valence-electron chi connectivity index (χ3n) is 4.95. The van der Waals surface area contributed by atoms with E-state index in [1.54, 1.807) is 42.5 Å². The van der Waals surface area contributed by atoms with Crippen molar-refractivity contribution in [1.29, 1.82) is 0 Å². The number of urea groups is 1. The lowest BCUT2D eigenvalue weighted by Gasteiger charge is -2.23. The number of aryl methyl sites for hydroxylation is 1. The van der Waals surface area contributed by atoms with Gasteiger partial charge in [-0.25, -0.2) is 9.80 Å². The van der Waals surface area contributed by atoms with Gasteiger partial charge < -0.3 is 16.0 Å². The molecule has 0 unspecified atom stereocenters. The molecule has 33 heavy (non-hydrogen) atoms. The molecule has 0 spiro atoms. The molecule has 8 nitrogen and oxygen atoms in total. The largest absolute Gasteiger partial charge is 0.323 e. The highest BCUT2D eigenvalue weighted by Crippen LogP contribution is 2.22. The Balaban J connectivity index is 1.43. The molecular formula is C25H23N5O3. The van der Waals surface area contributed by atoms with Crippen molar-refractivity contribution in [2.45, 2.75) is 19.8 Å². The molecule has 1 aliphatic heterocycles. The minimum absolute atomic E-state index is 0.159. The Morgan fingerprint density at radius 3 is 2.21 bits per heavy atom. The molecule has 0 atom stereocenters. The number of hydrogen-bond donors (Lipinski definition) is 3. The fourth-order valence-electron chi connectivity index (χ4n) is 3.37. The molecule has 3 aromatic rings. The molecule has 0 aliphatic carbocycles. The summed E-state index contributed by atoms with van der Waals surface area (Å²) in [5, 5.41) is 13.8. The van der Waals surface area contributed by atoms with Crippen molar-refractivity contribution < 1.29 is 14.4 Å². The number of amides is 4. The van der Waals surface area contributed by atoms with Crippen molar-refractivity contribution >= 4 is 46.3 Å². The maximum Gasteiger partial charge on any atom is 0.323 e. The van der Waals surface area contributed by atoms with Crippen molar-refractivity contribution in [3.63, 3.8) is 0 Å². The summed E-state index contributed by atoms with van der Waals surface area (Å²) < 4.78 is 0. The Bertz CT molecular complexity index is 1220. The van der Waals surface area contributed by atoms with Crippen LogP contribution in [-0.4, -0.2) is 23.6 Å². The summed E-state index contributed by atoms with van der Waals surface area (Å²) in [7, 11) is 0. The summed E-state index contributed by atoms with van der Waals surface area (Å²) in [5.74, 6) is -0.557. The van der Waals surface area contributed by atoms with Gasteiger partial charge in [0, 0.05) is 29.9 Å². The number of rotatable bonds is 5. The van der Waals surface area contributed by atoms with Gasteiger partial charge in [-0.2, -0.15) is 5.10 Å². The van der Waals surface area contributed by atoms with Crippen LogP contribution in [0.5, 0.6) is 0 Å². The molecule has 1 heterocycles. The number of nitrogens with one attached hydrogen (secondary N) is 3. The first-order valence-electron chi connectivity index (χ1n) is 10.5. The zero-order valence-corrected chi connectivity index (χ0v) is 18.0. The third kappa shape index (κ3) is 5.62. The lowest BCUT2D eigenvalue weighted by Crippen LogP contribution is -2.36. The molecule has 0 saturated carbocycles. The number of para-hydroxylation sites is 1. The summed E-state index contributed by atoms with van der Waals surface area (Å²) in [4.78, 5) is 37.4. The van der Waals surface area contributed by atoms with Crippen LogP contribution < -0.4 is 21.0 Å². The average molecular weight is 441 g/mol. The summed E-state index contributed by atoms with van der Waals surface area (Å²) in [5.41, 5.74) is 3.56. The van der Waals surface area contributed by atoms with Crippen LogP contribution in [0.15, 0.2) is 84.0 Å². The van der Waals surface area contributed by atoms with Crippen LogP contribution in [0.3, 0.4) is 0 Å². The fraction of sp³-hybridized carbons (Fsp3) is 0.120. The van der Waals surface area contributed by atoms with E-state index in [4.69, 9.17) is 0 Å². The first-order valence-corrected chi connectivity index (χ1v) is 10.5. The molecule has 166 valence electrons. The second-order valence-corrected chi connectivity index (χ2v) is 7.57. The normalized spacial score (nSPS) is 13.2. The molecule has 0 aromatic heterocycles. The Morgan fingerprint density at radius 2 is 1.45 bits per heavy atom. The topological polar surface area (TPSA) is 103 Å². The number of carbonyl (C=O) groups is 3. The zero-order valence-electron chi connectivity index (χ0n) is 18.0. The number of benzene rings is 3. The van der Waals surface area contributed by atoms with Crippen LogP contribution in [0.4, 0.5) is 27.5 Å². The van der Waals surface area contributed by atoms with E-state index < -0.39 is 11.9 Å². The molecule has 4 rings (SSSR count). The number of carbonyl (C=O) groups excluding carboxylic acids is 3. The lowest BCUT2D eigenvalue weighted by molar-refractivity contribution is -0.118. The van der Waals surface area contributed by atoms with Crippen molar-refractivity contribution in [2.75, 3.05) is 21.0 Å². The monoisotopic (exact) mass is 441 g/mol. The van der Waals surface area contributed by atoms with Gasteiger partial charge in [-0.05, 0) is 55.0 Å². The molecule has 3 aromatic carbocycles. The molecule has 0 saturated heterocycles. The maximum absolute atomic E-state index is 12.8. The predicted octanol–water partition coefficient (Wildman–Crippen LogP) is 4.76. The molecular weight excluding hydrogens is 418 g/mol. The Morgan fingerprint density at radius 1 is 0.788 bits per heavy atom. The summed E-state index contributed by atoms with van der Waals surface area (Å²) in [6, 6.07) is 22.9. The SMILES string of the molecule is Cc1cccc(N2N=C(C(=O)Nc3cccc(NC(=O)Nc4ccccc4)c3)CCC2=O)c1. The number of nitrogens with zero attached hydrogens (tertiary/aromatic N) is 2. The standard InChI is InChI=1S/C25H23N5O3/c1-17-7-5-12-21(15-17)30-23(31)14-13-22(29-30)24(32)26-19-10-6-11-20(16-19)28-25(33)27-18-8-3-2-4-9-18/h2-12,15-16H,13-14H2,1H3,(H,26,32)(H2,27,28,33). The van der Waals surface area contributed by atoms with E-state index in [0.29, 0.717) is 22.7 Å². The van der Waals surface area contributed by atoms with Crippen molar-refractivity contribution in [1.82, 2.24) is 0 Å². The van der Waals surface area contributed by atoms with Gasteiger partial charge in [0.25, 0.3) is 5.91 Å². The van der Waals surface area contributed by atoms with Crippen LogP contribution in [-0.2, 0) is 9.59 Å².